The first-order valence-electron chi connectivity index (χ1n) is 5.93. The quantitative estimate of drug-likeness (QED) is 0.265. The average Bonchev–Trinajstić information content (AvgIpc) is 2.21. The summed E-state index contributed by atoms with van der Waals surface area (Å²) in [5.41, 5.74) is -2.72. The predicted octanol–water partition coefficient (Wildman–Crippen LogP) is -0.659. The number of carbonyl (C=O) groups is 1. The summed E-state index contributed by atoms with van der Waals surface area (Å²) in [5, 5.41) is 31.0. The zero-order valence-electron chi connectivity index (χ0n) is 11.9. The summed E-state index contributed by atoms with van der Waals surface area (Å²) in [6.07, 6.45) is 0. The molecule has 0 saturated carbocycles. The van der Waals surface area contributed by atoms with Crippen LogP contribution < -0.4 is 5.32 Å². The van der Waals surface area contributed by atoms with E-state index < -0.39 is 17.4 Å². The van der Waals surface area contributed by atoms with Crippen molar-refractivity contribution in [3.8, 4) is 0 Å². The molecule has 0 saturated heterocycles. The Kier molecular flexibility index (Phi) is 6.44. The SMILES string of the molecule is C=C(NCCO)C(=O)OCN(C(C)(C)O)C(C)(C)O. The van der Waals surface area contributed by atoms with Crippen LogP contribution in [0.3, 0.4) is 0 Å². The molecule has 0 aliphatic rings. The summed E-state index contributed by atoms with van der Waals surface area (Å²) < 4.78 is 4.94. The van der Waals surface area contributed by atoms with Gasteiger partial charge in [-0.1, -0.05) is 6.58 Å². The second kappa shape index (κ2) is 6.85. The first-order valence-corrected chi connectivity index (χ1v) is 5.93. The Labute approximate surface area is 113 Å². The minimum atomic E-state index is -1.36. The molecule has 0 aromatic carbocycles. The number of ether oxygens (including phenoxy) is 1. The standard InChI is InChI=1S/C12H24N2O5/c1-9(13-6-7-15)10(16)19-8-14(11(2,3)17)12(4,5)18/h13,15,17-18H,1,6-8H2,2-5H3. The van der Waals surface area contributed by atoms with Gasteiger partial charge in [-0.3, -0.25) is 0 Å². The molecule has 0 radical (unpaired) electrons. The fourth-order valence-corrected chi connectivity index (χ4v) is 1.47. The van der Waals surface area contributed by atoms with Gasteiger partial charge in [0.1, 0.15) is 23.9 Å². The number of aliphatic hydroxyl groups excluding tert-OH is 1. The largest absolute Gasteiger partial charge is 0.445 e. The summed E-state index contributed by atoms with van der Waals surface area (Å²) >= 11 is 0. The van der Waals surface area contributed by atoms with E-state index >= 15 is 0 Å². The predicted molar refractivity (Wildman–Crippen MR) is 69.6 cm³/mol. The number of esters is 1. The van der Waals surface area contributed by atoms with E-state index in [9.17, 15) is 15.0 Å². The summed E-state index contributed by atoms with van der Waals surface area (Å²) in [6.45, 7) is 9.09. The van der Waals surface area contributed by atoms with Gasteiger partial charge in [0.05, 0.1) is 6.61 Å². The maximum atomic E-state index is 11.6. The molecule has 19 heavy (non-hydrogen) atoms. The highest BCUT2D eigenvalue weighted by Gasteiger charge is 2.35. The minimum Gasteiger partial charge on any atom is -0.445 e. The minimum absolute atomic E-state index is 0.000455. The van der Waals surface area contributed by atoms with Gasteiger partial charge in [-0.15, -0.1) is 0 Å². The molecule has 0 aromatic heterocycles. The highest BCUT2D eigenvalue weighted by Crippen LogP contribution is 2.20. The molecule has 0 unspecified atom stereocenters. The first-order chi connectivity index (χ1) is 8.50. The molecule has 0 atom stereocenters. The molecule has 0 fully saturated rings. The molecule has 0 aromatic rings. The van der Waals surface area contributed by atoms with E-state index in [4.69, 9.17) is 9.84 Å². The summed E-state index contributed by atoms with van der Waals surface area (Å²) in [6, 6.07) is 0. The molecule has 7 nitrogen and oxygen atoms in total. The van der Waals surface area contributed by atoms with Crippen molar-refractivity contribution in [1.82, 2.24) is 10.2 Å². The maximum Gasteiger partial charge on any atom is 0.355 e. The molecule has 0 amide bonds. The Bertz CT molecular complexity index is 303. The Balaban J connectivity index is 4.50. The van der Waals surface area contributed by atoms with Crippen LogP contribution in [0.25, 0.3) is 0 Å². The Morgan fingerprint density at radius 2 is 1.74 bits per heavy atom. The van der Waals surface area contributed by atoms with Crippen LogP contribution in [0.15, 0.2) is 12.3 Å². The molecule has 4 N–H and O–H groups in total. The van der Waals surface area contributed by atoms with Crippen LogP contribution in [0.4, 0.5) is 0 Å². The molecular weight excluding hydrogens is 252 g/mol. The average molecular weight is 276 g/mol. The lowest BCUT2D eigenvalue weighted by atomic mass is 10.2. The highest BCUT2D eigenvalue weighted by atomic mass is 16.6. The maximum absolute atomic E-state index is 11.6. The van der Waals surface area contributed by atoms with Crippen LogP contribution in [-0.2, 0) is 9.53 Å². The van der Waals surface area contributed by atoms with Crippen LogP contribution in [0.2, 0.25) is 0 Å². The van der Waals surface area contributed by atoms with Gasteiger partial charge in [0, 0.05) is 6.54 Å². The third kappa shape index (κ3) is 6.53. The van der Waals surface area contributed by atoms with Crippen LogP contribution in [0.1, 0.15) is 27.7 Å². The van der Waals surface area contributed by atoms with Gasteiger partial charge in [0.25, 0.3) is 0 Å². The molecule has 0 aliphatic carbocycles. The lowest BCUT2D eigenvalue weighted by Gasteiger charge is -2.41. The van der Waals surface area contributed by atoms with Crippen molar-refractivity contribution in [2.75, 3.05) is 19.9 Å². The van der Waals surface area contributed by atoms with Crippen molar-refractivity contribution in [2.24, 2.45) is 0 Å². The van der Waals surface area contributed by atoms with Gasteiger partial charge in [-0.25, -0.2) is 9.69 Å². The fourth-order valence-electron chi connectivity index (χ4n) is 1.47. The van der Waals surface area contributed by atoms with Crippen molar-refractivity contribution in [1.29, 1.82) is 0 Å². The molecule has 0 rings (SSSR count). The highest BCUT2D eigenvalue weighted by molar-refractivity contribution is 5.86. The number of carbonyl (C=O) groups excluding carboxylic acids is 1. The molecular formula is C12H24N2O5. The second-order valence-corrected chi connectivity index (χ2v) is 5.11. The number of hydrogen-bond donors (Lipinski definition) is 4. The normalized spacial score (nSPS) is 12.4. The molecule has 0 bridgehead atoms. The lowest BCUT2D eigenvalue weighted by Crippen LogP contribution is -2.56. The molecule has 0 aliphatic heterocycles. The van der Waals surface area contributed by atoms with Gasteiger partial charge in [-0.2, -0.15) is 0 Å². The van der Waals surface area contributed by atoms with Crippen molar-refractivity contribution < 1.29 is 24.9 Å². The van der Waals surface area contributed by atoms with E-state index in [2.05, 4.69) is 11.9 Å². The summed E-state index contributed by atoms with van der Waals surface area (Å²) in [4.78, 5) is 12.8. The van der Waals surface area contributed by atoms with Gasteiger partial charge in [-0.05, 0) is 27.7 Å². The van der Waals surface area contributed by atoms with Gasteiger partial charge in [0.2, 0.25) is 0 Å². The van der Waals surface area contributed by atoms with E-state index in [1.807, 2.05) is 0 Å². The third-order valence-electron chi connectivity index (χ3n) is 2.34. The smallest absolute Gasteiger partial charge is 0.355 e. The molecule has 0 heterocycles. The topological polar surface area (TPSA) is 102 Å². The van der Waals surface area contributed by atoms with Crippen molar-refractivity contribution in [2.45, 2.75) is 39.1 Å². The number of rotatable bonds is 8. The second-order valence-electron chi connectivity index (χ2n) is 5.11. The number of nitrogens with zero attached hydrogens (tertiary/aromatic N) is 1. The molecule has 0 spiro atoms. The Morgan fingerprint density at radius 1 is 1.26 bits per heavy atom. The number of aliphatic hydroxyl groups is 3. The summed E-state index contributed by atoms with van der Waals surface area (Å²) in [5.74, 6) is -0.716. The molecule has 7 heteroatoms. The van der Waals surface area contributed by atoms with Gasteiger partial charge >= 0.3 is 5.97 Å². The number of nitrogens with one attached hydrogen (secondary N) is 1. The van der Waals surface area contributed by atoms with E-state index in [0.717, 1.165) is 0 Å². The van der Waals surface area contributed by atoms with E-state index in [1.54, 1.807) is 0 Å². The Morgan fingerprint density at radius 3 is 2.11 bits per heavy atom. The van der Waals surface area contributed by atoms with Gasteiger partial charge < -0.3 is 25.4 Å². The lowest BCUT2D eigenvalue weighted by molar-refractivity contribution is -0.230. The van der Waals surface area contributed by atoms with E-state index in [-0.39, 0.29) is 25.6 Å². The third-order valence-corrected chi connectivity index (χ3v) is 2.34. The van der Waals surface area contributed by atoms with Crippen molar-refractivity contribution >= 4 is 5.97 Å². The first kappa shape index (κ1) is 17.8. The number of hydrogen-bond acceptors (Lipinski definition) is 7. The molecule has 112 valence electrons. The van der Waals surface area contributed by atoms with Crippen LogP contribution in [0, 0.1) is 0 Å². The van der Waals surface area contributed by atoms with Gasteiger partial charge in [0.15, 0.2) is 0 Å². The monoisotopic (exact) mass is 276 g/mol. The van der Waals surface area contributed by atoms with Crippen molar-refractivity contribution in [3.63, 3.8) is 0 Å². The Hall–Kier alpha value is -1.15. The van der Waals surface area contributed by atoms with Crippen LogP contribution in [0.5, 0.6) is 0 Å². The van der Waals surface area contributed by atoms with Crippen LogP contribution in [-0.4, -0.2) is 57.5 Å². The fraction of sp³-hybridized carbons (Fsp3) is 0.750. The zero-order valence-corrected chi connectivity index (χ0v) is 11.9. The van der Waals surface area contributed by atoms with E-state index in [1.165, 1.54) is 32.6 Å². The van der Waals surface area contributed by atoms with E-state index in [0.29, 0.717) is 0 Å². The van der Waals surface area contributed by atoms with Crippen molar-refractivity contribution in [3.05, 3.63) is 12.3 Å². The van der Waals surface area contributed by atoms with Crippen LogP contribution >= 0.6 is 0 Å². The summed E-state index contributed by atoms with van der Waals surface area (Å²) in [7, 11) is 0. The zero-order chi connectivity index (χ0) is 15.3.